The average molecular weight is 487 g/mol. The Labute approximate surface area is 184 Å². The largest absolute Gasteiger partial charge is 1.00 e. The number of hydrogen-bond acceptors (Lipinski definition) is 5. The second kappa shape index (κ2) is 12.8. The quantitative estimate of drug-likeness (QED) is 0.251. The van der Waals surface area contributed by atoms with E-state index in [1.54, 1.807) is 6.08 Å². The van der Waals surface area contributed by atoms with Crippen molar-refractivity contribution in [3.05, 3.63) is 24.3 Å². The van der Waals surface area contributed by atoms with E-state index in [2.05, 4.69) is 32.9 Å². The van der Waals surface area contributed by atoms with Gasteiger partial charge in [-0.1, -0.05) is 57.9 Å². The molecule has 0 bridgehead atoms. The molecule has 0 unspecified atom stereocenters. The SMILES string of the molecule is CCCCC(C)(C)C/C=C/[C@H]1CCC(=O)[C@@H]1C/C=C\CCC(O)(O)C(=O)[O-].[Ag+]. The van der Waals surface area contributed by atoms with E-state index in [0.717, 1.165) is 12.8 Å². The Hall–Kier alpha value is -0.720. The minimum absolute atomic E-state index is 0. The monoisotopic (exact) mass is 486 g/mol. The fourth-order valence-electron chi connectivity index (χ4n) is 3.54. The van der Waals surface area contributed by atoms with Crippen molar-refractivity contribution in [1.82, 2.24) is 0 Å². The maximum atomic E-state index is 12.2. The van der Waals surface area contributed by atoms with Gasteiger partial charge in [0.05, 0.1) is 0 Å². The van der Waals surface area contributed by atoms with Crippen molar-refractivity contribution in [1.29, 1.82) is 0 Å². The Balaban J connectivity index is 0.00000729. The van der Waals surface area contributed by atoms with Gasteiger partial charge in [-0.05, 0) is 43.4 Å². The van der Waals surface area contributed by atoms with Crippen LogP contribution in [0.2, 0.25) is 0 Å². The molecule has 6 heteroatoms. The number of carboxylic acid groups (broad SMARTS) is 1. The first kappa shape index (κ1) is 27.3. The van der Waals surface area contributed by atoms with Crippen LogP contribution in [-0.4, -0.2) is 27.8 Å². The Kier molecular flexibility index (Phi) is 12.4. The molecular formula is C22H35AgO5. The maximum Gasteiger partial charge on any atom is 1.00 e. The molecule has 1 rings (SSSR count). The molecule has 1 aliphatic rings. The van der Waals surface area contributed by atoms with Gasteiger partial charge in [-0.15, -0.1) is 0 Å². The van der Waals surface area contributed by atoms with E-state index in [0.29, 0.717) is 12.8 Å². The fourth-order valence-corrected chi connectivity index (χ4v) is 3.54. The fraction of sp³-hybridized carbons (Fsp3) is 0.727. The van der Waals surface area contributed by atoms with E-state index in [9.17, 15) is 24.9 Å². The number of ketones is 1. The summed E-state index contributed by atoms with van der Waals surface area (Å²) in [4.78, 5) is 22.7. The van der Waals surface area contributed by atoms with Crippen LogP contribution in [0.3, 0.4) is 0 Å². The van der Waals surface area contributed by atoms with Crippen LogP contribution in [0.5, 0.6) is 0 Å². The molecule has 2 atom stereocenters. The molecule has 2 N–H and O–H groups in total. The molecular weight excluding hydrogens is 452 g/mol. The van der Waals surface area contributed by atoms with Crippen molar-refractivity contribution in [2.24, 2.45) is 17.3 Å². The first-order valence-corrected chi connectivity index (χ1v) is 10.1. The number of allylic oxidation sites excluding steroid dienone is 4. The van der Waals surface area contributed by atoms with E-state index < -0.39 is 11.8 Å². The summed E-state index contributed by atoms with van der Waals surface area (Å²) in [6.45, 7) is 6.76. The number of carboxylic acids is 1. The van der Waals surface area contributed by atoms with Crippen LogP contribution in [0.25, 0.3) is 0 Å². The standard InChI is InChI=1S/C22H36O5.Ag/c1-4-5-14-21(2,3)15-9-10-17-12-13-19(23)18(17)11-7-6-8-16-22(26,27)20(24)25;/h6-7,9-10,17-18,26-27H,4-5,8,11-16H2,1-3H3,(H,24,25);/q;+1/p-1/b7-6-,10-9+;/t17-,18+;/m0./s1. The Morgan fingerprint density at radius 3 is 2.50 bits per heavy atom. The molecule has 0 aromatic heterocycles. The molecule has 28 heavy (non-hydrogen) atoms. The summed E-state index contributed by atoms with van der Waals surface area (Å²) >= 11 is 0. The van der Waals surface area contributed by atoms with E-state index >= 15 is 0 Å². The van der Waals surface area contributed by atoms with Gasteiger partial charge in [0, 0.05) is 18.8 Å². The second-order valence-corrected chi connectivity index (χ2v) is 8.53. The van der Waals surface area contributed by atoms with Crippen molar-refractivity contribution < 1.29 is 47.3 Å². The third-order valence-electron chi connectivity index (χ3n) is 5.46. The van der Waals surface area contributed by atoms with Gasteiger partial charge in [0.2, 0.25) is 5.79 Å². The summed E-state index contributed by atoms with van der Waals surface area (Å²) in [5.74, 6) is -4.21. The van der Waals surface area contributed by atoms with Crippen LogP contribution in [0, 0.1) is 17.3 Å². The van der Waals surface area contributed by atoms with Crippen LogP contribution in [0.1, 0.15) is 78.6 Å². The van der Waals surface area contributed by atoms with Crippen LogP contribution >= 0.6 is 0 Å². The number of carbonyl (C=O) groups excluding carboxylic acids is 2. The smallest absolute Gasteiger partial charge is 0.544 e. The van der Waals surface area contributed by atoms with Crippen molar-refractivity contribution in [2.75, 3.05) is 0 Å². The zero-order valence-electron chi connectivity index (χ0n) is 17.2. The molecule has 0 aromatic carbocycles. The zero-order valence-corrected chi connectivity index (χ0v) is 18.7. The molecule has 1 aliphatic carbocycles. The van der Waals surface area contributed by atoms with E-state index in [1.807, 2.05) is 6.08 Å². The van der Waals surface area contributed by atoms with Gasteiger partial charge in [-0.3, -0.25) is 4.79 Å². The van der Waals surface area contributed by atoms with Crippen molar-refractivity contribution >= 4 is 11.8 Å². The van der Waals surface area contributed by atoms with E-state index in [-0.39, 0.29) is 58.3 Å². The molecule has 1 saturated carbocycles. The van der Waals surface area contributed by atoms with Crippen molar-refractivity contribution in [3.8, 4) is 0 Å². The Morgan fingerprint density at radius 1 is 1.21 bits per heavy atom. The van der Waals surface area contributed by atoms with Crippen molar-refractivity contribution in [3.63, 3.8) is 0 Å². The number of aliphatic carboxylic acids is 1. The first-order valence-electron chi connectivity index (χ1n) is 10.1. The van der Waals surface area contributed by atoms with Gasteiger partial charge in [0.15, 0.2) is 0 Å². The molecule has 0 heterocycles. The summed E-state index contributed by atoms with van der Waals surface area (Å²) in [5.41, 5.74) is 0.282. The molecule has 0 radical (unpaired) electrons. The van der Waals surface area contributed by atoms with Crippen molar-refractivity contribution in [2.45, 2.75) is 84.3 Å². The van der Waals surface area contributed by atoms with Crippen LogP contribution < -0.4 is 5.11 Å². The molecule has 0 saturated heterocycles. The number of Topliss-reactive ketones (excluding diaryl/α,β-unsaturated/α-hetero) is 1. The minimum Gasteiger partial charge on any atom is -0.544 e. The Morgan fingerprint density at radius 2 is 1.89 bits per heavy atom. The summed E-state index contributed by atoms with van der Waals surface area (Å²) in [6, 6.07) is 0. The van der Waals surface area contributed by atoms with Gasteiger partial charge >= 0.3 is 22.4 Å². The van der Waals surface area contributed by atoms with Crippen LogP contribution in [0.15, 0.2) is 24.3 Å². The minimum atomic E-state index is -2.80. The molecule has 0 aliphatic heterocycles. The van der Waals surface area contributed by atoms with Gasteiger partial charge in [0.25, 0.3) is 0 Å². The number of carbonyl (C=O) groups is 2. The summed E-state index contributed by atoms with van der Waals surface area (Å²) in [7, 11) is 0. The van der Waals surface area contributed by atoms with Crippen LogP contribution in [-0.2, 0) is 32.0 Å². The summed E-state index contributed by atoms with van der Waals surface area (Å²) in [5, 5.41) is 28.9. The third kappa shape index (κ3) is 9.66. The number of unbranched alkanes of at least 4 members (excludes halogenated alkanes) is 1. The third-order valence-corrected chi connectivity index (χ3v) is 5.46. The topological polar surface area (TPSA) is 97.7 Å². The summed E-state index contributed by atoms with van der Waals surface area (Å²) in [6.07, 6.45) is 14.6. The zero-order chi connectivity index (χ0) is 20.5. The number of rotatable bonds is 12. The molecule has 164 valence electrons. The van der Waals surface area contributed by atoms with E-state index in [1.165, 1.54) is 19.3 Å². The first-order chi connectivity index (χ1) is 12.6. The van der Waals surface area contributed by atoms with Gasteiger partial charge in [-0.25, -0.2) is 0 Å². The predicted octanol–water partition coefficient (Wildman–Crippen LogP) is 2.90. The van der Waals surface area contributed by atoms with Gasteiger partial charge in [0.1, 0.15) is 11.8 Å². The molecule has 0 amide bonds. The van der Waals surface area contributed by atoms with E-state index in [4.69, 9.17) is 0 Å². The molecule has 5 nitrogen and oxygen atoms in total. The molecule has 0 spiro atoms. The average Bonchev–Trinajstić information content (AvgIpc) is 2.92. The number of aliphatic hydroxyl groups is 2. The van der Waals surface area contributed by atoms with Gasteiger partial charge < -0.3 is 20.1 Å². The maximum absolute atomic E-state index is 12.2. The Bertz CT molecular complexity index is 551. The van der Waals surface area contributed by atoms with Crippen LogP contribution in [0.4, 0.5) is 0 Å². The molecule has 1 fully saturated rings. The second-order valence-electron chi connectivity index (χ2n) is 8.53. The summed E-state index contributed by atoms with van der Waals surface area (Å²) < 4.78 is 0. The molecule has 0 aromatic rings. The predicted molar refractivity (Wildman–Crippen MR) is 103 cm³/mol. The number of hydrogen-bond donors (Lipinski definition) is 2. The van der Waals surface area contributed by atoms with Gasteiger partial charge in [-0.2, -0.15) is 0 Å². The normalized spacial score (nSPS) is 20.8.